The van der Waals surface area contributed by atoms with E-state index in [4.69, 9.17) is 0 Å². The van der Waals surface area contributed by atoms with Crippen LogP contribution in [0.2, 0.25) is 0 Å². The van der Waals surface area contributed by atoms with Crippen LogP contribution in [0.3, 0.4) is 0 Å². The smallest absolute Gasteiger partial charge is 0.240 e. The summed E-state index contributed by atoms with van der Waals surface area (Å²) in [6.07, 6.45) is 0. The van der Waals surface area contributed by atoms with Crippen LogP contribution < -0.4 is 15.4 Å². The number of aliphatic imine (C=N–C) groups is 1. The molecular weight excluding hydrogens is 485 g/mol. The molecule has 0 saturated heterocycles. The van der Waals surface area contributed by atoms with Crippen molar-refractivity contribution in [3.8, 4) is 0 Å². The van der Waals surface area contributed by atoms with E-state index in [1.54, 1.807) is 42.6 Å². The number of sulfonamides is 1. The van der Waals surface area contributed by atoms with E-state index >= 15 is 0 Å². The van der Waals surface area contributed by atoms with Crippen molar-refractivity contribution in [3.63, 3.8) is 0 Å². The van der Waals surface area contributed by atoms with E-state index in [0.717, 1.165) is 16.3 Å². The number of aromatic nitrogens is 1. The number of guanidine groups is 1. The van der Waals surface area contributed by atoms with Crippen LogP contribution in [0.25, 0.3) is 0 Å². The van der Waals surface area contributed by atoms with Gasteiger partial charge >= 0.3 is 0 Å². The van der Waals surface area contributed by atoms with Crippen molar-refractivity contribution in [1.29, 1.82) is 0 Å². The molecule has 0 amide bonds. The van der Waals surface area contributed by atoms with Crippen molar-refractivity contribution in [2.75, 3.05) is 14.1 Å². The first kappa shape index (κ1) is 22.8. The minimum Gasteiger partial charge on any atom is -0.352 e. The zero-order chi connectivity index (χ0) is 18.4. The van der Waals surface area contributed by atoms with E-state index in [1.165, 1.54) is 11.9 Å². The van der Waals surface area contributed by atoms with Crippen LogP contribution in [0.15, 0.2) is 34.2 Å². The van der Waals surface area contributed by atoms with Gasteiger partial charge < -0.3 is 10.6 Å². The Bertz CT molecular complexity index is 848. The number of nitrogens with one attached hydrogen (secondary N) is 3. The van der Waals surface area contributed by atoms with Crippen molar-refractivity contribution >= 4 is 51.3 Å². The van der Waals surface area contributed by atoms with Gasteiger partial charge in [-0.3, -0.25) is 4.99 Å². The molecule has 10 heteroatoms. The molecule has 144 valence electrons. The minimum absolute atomic E-state index is 0. The first-order chi connectivity index (χ1) is 11.9. The van der Waals surface area contributed by atoms with Crippen molar-refractivity contribution in [1.82, 2.24) is 20.3 Å². The predicted molar refractivity (Wildman–Crippen MR) is 117 cm³/mol. The molecule has 0 saturated carbocycles. The lowest BCUT2D eigenvalue weighted by atomic mass is 10.2. The van der Waals surface area contributed by atoms with Gasteiger partial charge in [0.25, 0.3) is 0 Å². The molecule has 7 nitrogen and oxygen atoms in total. The van der Waals surface area contributed by atoms with Crippen LogP contribution >= 0.6 is 35.3 Å². The molecule has 0 fully saturated rings. The Kier molecular flexibility index (Phi) is 8.93. The maximum absolute atomic E-state index is 11.7. The van der Waals surface area contributed by atoms with Crippen LogP contribution in [-0.4, -0.2) is 33.5 Å². The fourth-order valence-electron chi connectivity index (χ4n) is 2.21. The second-order valence-corrected chi connectivity index (χ2v) is 8.55. The number of benzene rings is 1. The van der Waals surface area contributed by atoms with Gasteiger partial charge in [0.15, 0.2) is 5.96 Å². The molecule has 0 aliphatic rings. The Morgan fingerprint density at radius 1 is 1.15 bits per heavy atom. The SMILES string of the molecule is CN=C(NCc1ccc(S(=O)(=O)NC)cc1)NCc1sc(C)nc1C.I. The Morgan fingerprint density at radius 3 is 2.27 bits per heavy atom. The Morgan fingerprint density at radius 2 is 1.77 bits per heavy atom. The van der Waals surface area contributed by atoms with Crippen LogP contribution in [0, 0.1) is 13.8 Å². The number of thiazole rings is 1. The first-order valence-electron chi connectivity index (χ1n) is 7.75. The first-order valence-corrected chi connectivity index (χ1v) is 10.1. The molecule has 26 heavy (non-hydrogen) atoms. The predicted octanol–water partition coefficient (Wildman–Crippen LogP) is 2.15. The zero-order valence-corrected chi connectivity index (χ0v) is 19.1. The van der Waals surface area contributed by atoms with Gasteiger partial charge in [0, 0.05) is 18.5 Å². The molecule has 0 bridgehead atoms. The Balaban J connectivity index is 0.00000338. The summed E-state index contributed by atoms with van der Waals surface area (Å²) in [6, 6.07) is 6.73. The van der Waals surface area contributed by atoms with Crippen LogP contribution in [0.1, 0.15) is 21.1 Å². The molecule has 1 aromatic heterocycles. The quantitative estimate of drug-likeness (QED) is 0.315. The lowest BCUT2D eigenvalue weighted by Gasteiger charge is -2.12. The zero-order valence-electron chi connectivity index (χ0n) is 15.2. The molecule has 1 aromatic carbocycles. The van der Waals surface area contributed by atoms with Gasteiger partial charge in [-0.2, -0.15) is 0 Å². The van der Waals surface area contributed by atoms with E-state index in [-0.39, 0.29) is 28.9 Å². The Hall–Kier alpha value is -1.24. The maximum atomic E-state index is 11.7. The van der Waals surface area contributed by atoms with Gasteiger partial charge in [0.1, 0.15) is 0 Å². The van der Waals surface area contributed by atoms with Gasteiger partial charge in [-0.05, 0) is 38.6 Å². The van der Waals surface area contributed by atoms with Gasteiger partial charge in [-0.25, -0.2) is 18.1 Å². The van der Waals surface area contributed by atoms with Crippen molar-refractivity contribution in [3.05, 3.63) is 45.4 Å². The van der Waals surface area contributed by atoms with E-state index < -0.39 is 10.0 Å². The van der Waals surface area contributed by atoms with Crippen molar-refractivity contribution < 1.29 is 8.42 Å². The van der Waals surface area contributed by atoms with E-state index in [2.05, 4.69) is 25.3 Å². The molecule has 0 unspecified atom stereocenters. The lowest BCUT2D eigenvalue weighted by molar-refractivity contribution is 0.588. The summed E-state index contributed by atoms with van der Waals surface area (Å²) in [7, 11) is -0.297. The van der Waals surface area contributed by atoms with Crippen LogP contribution in [0.5, 0.6) is 0 Å². The fourth-order valence-corrected chi connectivity index (χ4v) is 3.82. The average Bonchev–Trinajstić information content (AvgIpc) is 2.93. The average molecular weight is 509 g/mol. The highest BCUT2D eigenvalue weighted by molar-refractivity contribution is 14.0. The topological polar surface area (TPSA) is 95.5 Å². The monoisotopic (exact) mass is 509 g/mol. The second kappa shape index (κ2) is 10.2. The number of hydrogen-bond acceptors (Lipinski definition) is 5. The van der Waals surface area contributed by atoms with Gasteiger partial charge in [-0.1, -0.05) is 12.1 Å². The third-order valence-electron chi connectivity index (χ3n) is 3.60. The highest BCUT2D eigenvalue weighted by Crippen LogP contribution is 2.16. The normalized spacial score (nSPS) is 11.8. The highest BCUT2D eigenvalue weighted by Gasteiger charge is 2.10. The standard InChI is InChI=1S/C16H23N5O2S2.HI/c1-11-15(24-12(2)21-11)10-20-16(17-3)19-9-13-5-7-14(8-6-13)25(22,23)18-4;/h5-8,18H,9-10H2,1-4H3,(H2,17,19,20);1H. The van der Waals surface area contributed by atoms with Crippen molar-refractivity contribution in [2.24, 2.45) is 4.99 Å². The summed E-state index contributed by atoms with van der Waals surface area (Å²) in [6.45, 7) is 5.19. The third kappa shape index (κ3) is 6.18. The molecular formula is C16H24IN5O2S2. The molecule has 1 heterocycles. The number of nitrogens with zero attached hydrogens (tertiary/aromatic N) is 2. The second-order valence-electron chi connectivity index (χ2n) is 5.37. The maximum Gasteiger partial charge on any atom is 0.240 e. The molecule has 2 aromatic rings. The summed E-state index contributed by atoms with van der Waals surface area (Å²) < 4.78 is 25.7. The number of hydrogen-bond donors (Lipinski definition) is 3. The van der Waals surface area contributed by atoms with Crippen LogP contribution in [-0.2, 0) is 23.1 Å². The summed E-state index contributed by atoms with van der Waals surface area (Å²) in [5.41, 5.74) is 2.00. The number of aryl methyl sites for hydroxylation is 2. The van der Waals surface area contributed by atoms with E-state index in [0.29, 0.717) is 19.0 Å². The highest BCUT2D eigenvalue weighted by atomic mass is 127. The van der Waals surface area contributed by atoms with E-state index in [1.807, 2.05) is 13.8 Å². The molecule has 0 aliphatic heterocycles. The summed E-state index contributed by atoms with van der Waals surface area (Å²) >= 11 is 1.67. The fraction of sp³-hybridized carbons (Fsp3) is 0.375. The number of halogens is 1. The molecule has 2 rings (SSSR count). The van der Waals surface area contributed by atoms with E-state index in [9.17, 15) is 8.42 Å². The third-order valence-corrected chi connectivity index (χ3v) is 6.11. The molecule has 0 aliphatic carbocycles. The van der Waals surface area contributed by atoms with Gasteiger partial charge in [0.05, 0.1) is 22.1 Å². The summed E-state index contributed by atoms with van der Waals surface area (Å²) in [5, 5.41) is 7.52. The summed E-state index contributed by atoms with van der Waals surface area (Å²) in [5.74, 6) is 0.678. The largest absolute Gasteiger partial charge is 0.352 e. The lowest BCUT2D eigenvalue weighted by Crippen LogP contribution is -2.36. The molecule has 0 radical (unpaired) electrons. The van der Waals surface area contributed by atoms with Crippen LogP contribution in [0.4, 0.5) is 0 Å². The molecule has 0 spiro atoms. The molecule has 3 N–H and O–H groups in total. The number of rotatable bonds is 6. The Labute approximate surface area is 175 Å². The van der Waals surface area contributed by atoms with Gasteiger partial charge in [0.2, 0.25) is 10.0 Å². The van der Waals surface area contributed by atoms with Gasteiger partial charge in [-0.15, -0.1) is 35.3 Å². The summed E-state index contributed by atoms with van der Waals surface area (Å²) in [4.78, 5) is 10.0. The minimum atomic E-state index is -3.40. The molecule has 0 atom stereocenters. The van der Waals surface area contributed by atoms with Crippen molar-refractivity contribution in [2.45, 2.75) is 31.8 Å².